The molecule has 5 rings (SSSR count). The van der Waals surface area contributed by atoms with Crippen LogP contribution in [0, 0.1) is 0 Å². The highest BCUT2D eigenvalue weighted by atomic mass is 35.5. The molecule has 3 nitrogen and oxygen atoms in total. The monoisotopic (exact) mass is 474 g/mol. The van der Waals surface area contributed by atoms with Gasteiger partial charge in [0.2, 0.25) is 5.91 Å². The van der Waals surface area contributed by atoms with Gasteiger partial charge < -0.3 is 9.80 Å². The van der Waals surface area contributed by atoms with Crippen molar-refractivity contribution in [1.82, 2.24) is 9.80 Å². The molecule has 0 bridgehead atoms. The Hall–Kier alpha value is -2.62. The molecule has 2 aliphatic rings. The first kappa shape index (κ1) is 24.5. The second kappa shape index (κ2) is 10.8. The van der Waals surface area contributed by atoms with Gasteiger partial charge >= 0.3 is 0 Å². The topological polar surface area (TPSA) is 23.6 Å². The number of halogens is 1. The van der Waals surface area contributed by atoms with Crippen molar-refractivity contribution in [1.29, 1.82) is 0 Å². The fourth-order valence-electron chi connectivity index (χ4n) is 5.92. The second-order valence-electron chi connectivity index (χ2n) is 9.52. The highest BCUT2D eigenvalue weighted by molar-refractivity contribution is 5.94. The molecule has 3 aromatic rings. The van der Waals surface area contributed by atoms with E-state index in [9.17, 15) is 4.79 Å². The number of likely N-dealkylation sites (N-methyl/N-ethyl adjacent to an activating group) is 1. The van der Waals surface area contributed by atoms with Crippen LogP contribution in [0.3, 0.4) is 0 Å². The summed E-state index contributed by atoms with van der Waals surface area (Å²) < 4.78 is 0. The van der Waals surface area contributed by atoms with Crippen molar-refractivity contribution in [2.45, 2.75) is 44.1 Å². The molecular formula is C30H35ClN2O. The fourth-order valence-corrected chi connectivity index (χ4v) is 5.92. The predicted octanol–water partition coefficient (Wildman–Crippen LogP) is 6.03. The normalized spacial score (nSPS) is 21.1. The second-order valence-corrected chi connectivity index (χ2v) is 9.52. The Bertz CT molecular complexity index is 1080. The zero-order valence-electron chi connectivity index (χ0n) is 20.0. The smallest absolute Gasteiger partial charge is 0.238 e. The van der Waals surface area contributed by atoms with E-state index in [1.807, 2.05) is 11.0 Å². The summed E-state index contributed by atoms with van der Waals surface area (Å²) in [5.41, 5.74) is 4.46. The summed E-state index contributed by atoms with van der Waals surface area (Å²) in [5.74, 6) is 0.909. The van der Waals surface area contributed by atoms with Crippen molar-refractivity contribution in [2.24, 2.45) is 0 Å². The number of hydrogen-bond acceptors (Lipinski definition) is 2. The van der Waals surface area contributed by atoms with Crippen LogP contribution >= 0.6 is 12.4 Å². The Morgan fingerprint density at radius 1 is 0.853 bits per heavy atom. The van der Waals surface area contributed by atoms with Crippen molar-refractivity contribution in [3.8, 4) is 0 Å². The molecule has 0 aromatic heterocycles. The average Bonchev–Trinajstić information content (AvgIpc) is 2.89. The summed E-state index contributed by atoms with van der Waals surface area (Å²) >= 11 is 0. The molecule has 2 heterocycles. The van der Waals surface area contributed by atoms with Gasteiger partial charge in [0.1, 0.15) is 5.41 Å². The van der Waals surface area contributed by atoms with Crippen LogP contribution in [0.5, 0.6) is 0 Å². The van der Waals surface area contributed by atoms with Crippen LogP contribution in [-0.4, -0.2) is 41.9 Å². The summed E-state index contributed by atoms with van der Waals surface area (Å²) in [7, 11) is 0. The minimum absolute atomic E-state index is 0. The number of nitrogens with zero attached hydrogens (tertiary/aromatic N) is 2. The molecule has 1 amide bonds. The highest BCUT2D eigenvalue weighted by Crippen LogP contribution is 2.43. The number of rotatable bonds is 6. The summed E-state index contributed by atoms with van der Waals surface area (Å²) in [5, 5.41) is 0. The molecule has 0 radical (unpaired) electrons. The van der Waals surface area contributed by atoms with Crippen LogP contribution in [0.4, 0.5) is 0 Å². The number of fused-ring (bicyclic) bond motifs is 1. The Morgan fingerprint density at radius 2 is 1.47 bits per heavy atom. The minimum Gasteiger partial charge on any atom is -0.338 e. The molecular weight excluding hydrogens is 440 g/mol. The zero-order valence-corrected chi connectivity index (χ0v) is 20.8. The molecule has 1 saturated heterocycles. The van der Waals surface area contributed by atoms with E-state index in [0.29, 0.717) is 12.5 Å². The molecule has 2 aliphatic heterocycles. The molecule has 4 heteroatoms. The fraction of sp³-hybridized carbons (Fsp3) is 0.367. The van der Waals surface area contributed by atoms with E-state index < -0.39 is 5.41 Å². The van der Waals surface area contributed by atoms with Crippen molar-refractivity contribution >= 4 is 18.3 Å². The lowest BCUT2D eigenvalue weighted by Gasteiger charge is -2.44. The first-order chi connectivity index (χ1) is 16.2. The van der Waals surface area contributed by atoms with Crippen LogP contribution in [0.1, 0.15) is 54.4 Å². The molecule has 1 unspecified atom stereocenters. The van der Waals surface area contributed by atoms with Gasteiger partial charge in [0.15, 0.2) is 0 Å². The van der Waals surface area contributed by atoms with Crippen LogP contribution in [-0.2, 0) is 16.8 Å². The van der Waals surface area contributed by atoms with E-state index in [1.54, 1.807) is 0 Å². The van der Waals surface area contributed by atoms with Gasteiger partial charge in [-0.15, -0.1) is 12.4 Å². The lowest BCUT2D eigenvalue weighted by Crippen LogP contribution is -2.53. The van der Waals surface area contributed by atoms with Crippen LogP contribution in [0.15, 0.2) is 84.9 Å². The molecule has 178 valence electrons. The van der Waals surface area contributed by atoms with Gasteiger partial charge in [0.25, 0.3) is 0 Å². The number of likely N-dealkylation sites (tertiary alicyclic amines) is 1. The summed E-state index contributed by atoms with van der Waals surface area (Å²) in [4.78, 5) is 18.7. The molecule has 0 N–H and O–H groups in total. The summed E-state index contributed by atoms with van der Waals surface area (Å²) in [6.07, 6.45) is 3.20. The molecule has 0 saturated carbocycles. The third-order valence-electron chi connectivity index (χ3n) is 7.80. The van der Waals surface area contributed by atoms with Crippen molar-refractivity contribution in [3.63, 3.8) is 0 Å². The molecule has 1 atom stereocenters. The lowest BCUT2D eigenvalue weighted by molar-refractivity contribution is -0.138. The van der Waals surface area contributed by atoms with Gasteiger partial charge in [-0.3, -0.25) is 4.79 Å². The Labute approximate surface area is 210 Å². The van der Waals surface area contributed by atoms with Crippen molar-refractivity contribution in [2.75, 3.05) is 26.2 Å². The van der Waals surface area contributed by atoms with Crippen LogP contribution in [0.25, 0.3) is 0 Å². The maximum atomic E-state index is 14.1. The first-order valence-electron chi connectivity index (χ1n) is 12.4. The number of piperidine rings is 1. The van der Waals surface area contributed by atoms with Gasteiger partial charge in [-0.25, -0.2) is 0 Å². The maximum Gasteiger partial charge on any atom is 0.238 e. The SMILES string of the molecule is CCN1Cc2ccccc2C(CCN2CCC(c3ccccc3)CC2)(c2ccccc2)C1=O.Cl. The van der Waals surface area contributed by atoms with Gasteiger partial charge in [0.05, 0.1) is 0 Å². The van der Waals surface area contributed by atoms with Gasteiger partial charge in [-0.2, -0.15) is 0 Å². The van der Waals surface area contributed by atoms with E-state index in [1.165, 1.54) is 29.5 Å². The Morgan fingerprint density at radius 3 is 2.15 bits per heavy atom. The van der Waals surface area contributed by atoms with E-state index in [-0.39, 0.29) is 18.3 Å². The molecule has 0 aliphatic carbocycles. The Balaban J connectivity index is 0.00000274. The number of carbonyl (C=O) groups is 1. The van der Waals surface area contributed by atoms with E-state index in [0.717, 1.165) is 38.2 Å². The average molecular weight is 475 g/mol. The van der Waals surface area contributed by atoms with Crippen molar-refractivity contribution in [3.05, 3.63) is 107 Å². The summed E-state index contributed by atoms with van der Waals surface area (Å²) in [6, 6.07) is 30.0. The zero-order chi connectivity index (χ0) is 22.7. The number of benzene rings is 3. The standard InChI is InChI=1S/C30H34N2O.ClH/c1-2-32-23-26-13-9-10-16-28(26)30(29(32)33,27-14-7-4-8-15-27)19-22-31-20-17-25(18-21-31)24-11-5-3-6-12-24;/h3-16,25H,2,17-23H2,1H3;1H. The number of hydrogen-bond donors (Lipinski definition) is 0. The quantitative estimate of drug-likeness (QED) is 0.435. The van der Waals surface area contributed by atoms with E-state index in [4.69, 9.17) is 0 Å². The highest BCUT2D eigenvalue weighted by Gasteiger charge is 2.48. The van der Waals surface area contributed by atoms with Gasteiger partial charge in [-0.05, 0) is 74.0 Å². The van der Waals surface area contributed by atoms with E-state index in [2.05, 4.69) is 90.7 Å². The van der Waals surface area contributed by atoms with Crippen LogP contribution < -0.4 is 0 Å². The maximum absolute atomic E-state index is 14.1. The third kappa shape index (κ3) is 4.52. The summed E-state index contributed by atoms with van der Waals surface area (Å²) in [6.45, 7) is 6.67. The number of carbonyl (C=O) groups excluding carboxylic acids is 1. The minimum atomic E-state index is -0.609. The van der Waals surface area contributed by atoms with Gasteiger partial charge in [-0.1, -0.05) is 84.9 Å². The molecule has 1 fully saturated rings. The van der Waals surface area contributed by atoms with Gasteiger partial charge in [0, 0.05) is 13.1 Å². The molecule has 0 spiro atoms. The molecule has 34 heavy (non-hydrogen) atoms. The third-order valence-corrected chi connectivity index (χ3v) is 7.80. The van der Waals surface area contributed by atoms with Crippen molar-refractivity contribution < 1.29 is 4.79 Å². The van der Waals surface area contributed by atoms with Crippen LogP contribution in [0.2, 0.25) is 0 Å². The largest absolute Gasteiger partial charge is 0.338 e. The Kier molecular flexibility index (Phi) is 7.75. The first-order valence-corrected chi connectivity index (χ1v) is 12.4. The molecule has 3 aromatic carbocycles. The predicted molar refractivity (Wildman–Crippen MR) is 141 cm³/mol. The number of amides is 1. The lowest BCUT2D eigenvalue weighted by atomic mass is 9.67. The van der Waals surface area contributed by atoms with E-state index >= 15 is 0 Å².